The molecule has 1 atom stereocenters. The topological polar surface area (TPSA) is 55.5 Å². The second kappa shape index (κ2) is 15.4. The van der Waals surface area contributed by atoms with Gasteiger partial charge in [-0.05, 0) is 99.6 Å². The van der Waals surface area contributed by atoms with E-state index in [0.29, 0.717) is 29.3 Å². The standard InChI is InChI=1S/C54H57N5O.Pt/c1-30(2)47(31(3)4)50-54(12,13)59(48-35(8)21-32(5)22-36(48)9)51(57-50)38-26-37(44-18-14-15-19-55-44)27-39(28-38)60-46-29-45-40(25-34(46)7)41-23-33(6)24-43-49(41)58(45)52-42(53(43,10)11)17-16-20-56-52;/h14-27,30-31,47,50H,1-13H3;/q-2;+2/t50-;/m1./s1. The third-order valence-corrected chi connectivity index (χ3v) is 13.3. The number of hydrogen-bond donors (Lipinski definition) is 0. The first-order valence-corrected chi connectivity index (χ1v) is 21.6. The van der Waals surface area contributed by atoms with Gasteiger partial charge in [0.25, 0.3) is 0 Å². The molecule has 0 saturated heterocycles. The van der Waals surface area contributed by atoms with E-state index in [1.54, 1.807) is 0 Å². The van der Waals surface area contributed by atoms with Gasteiger partial charge in [0.1, 0.15) is 5.82 Å². The van der Waals surface area contributed by atoms with Gasteiger partial charge in [-0.2, -0.15) is 6.07 Å². The van der Waals surface area contributed by atoms with Crippen molar-refractivity contribution in [3.63, 3.8) is 0 Å². The molecule has 9 rings (SSSR count). The number of aromatic nitrogens is 3. The van der Waals surface area contributed by atoms with E-state index in [0.717, 1.165) is 44.9 Å². The average molecular weight is 987 g/mol. The number of aliphatic imine (C=N–C) groups is 1. The summed E-state index contributed by atoms with van der Waals surface area (Å²) >= 11 is 0. The van der Waals surface area contributed by atoms with E-state index in [1.807, 2.05) is 30.6 Å². The number of aryl methyl sites for hydroxylation is 5. The number of amidine groups is 1. The summed E-state index contributed by atoms with van der Waals surface area (Å²) in [6, 6.07) is 33.6. The Hall–Kier alpha value is -5.06. The number of pyridine rings is 2. The molecule has 4 aromatic carbocycles. The number of rotatable bonds is 8. The van der Waals surface area contributed by atoms with Gasteiger partial charge in [-0.1, -0.05) is 119 Å². The van der Waals surface area contributed by atoms with Crippen molar-refractivity contribution in [3.8, 4) is 28.6 Å². The van der Waals surface area contributed by atoms with Crippen LogP contribution in [0.3, 0.4) is 0 Å². The monoisotopic (exact) mass is 986 g/mol. The first-order chi connectivity index (χ1) is 28.5. The number of fused-ring (bicyclic) bond motifs is 5. The van der Waals surface area contributed by atoms with Gasteiger partial charge in [0.2, 0.25) is 0 Å². The van der Waals surface area contributed by atoms with Crippen molar-refractivity contribution in [2.75, 3.05) is 4.90 Å². The number of hydrogen-bond acceptors (Lipinski definition) is 5. The van der Waals surface area contributed by atoms with Crippen LogP contribution < -0.4 is 9.64 Å². The smallest absolute Gasteiger partial charge is 0.503 e. The molecule has 5 heterocycles. The summed E-state index contributed by atoms with van der Waals surface area (Å²) in [6.07, 6.45) is 3.74. The van der Waals surface area contributed by atoms with Gasteiger partial charge < -0.3 is 19.2 Å². The molecule has 0 unspecified atom stereocenters. The van der Waals surface area contributed by atoms with Crippen LogP contribution in [0.5, 0.6) is 11.5 Å². The molecule has 7 aromatic rings. The fourth-order valence-electron chi connectivity index (χ4n) is 10.8. The Morgan fingerprint density at radius 2 is 1.39 bits per heavy atom. The largest absolute Gasteiger partial charge is 2.00 e. The van der Waals surface area contributed by atoms with Gasteiger partial charge >= 0.3 is 21.1 Å². The van der Waals surface area contributed by atoms with Gasteiger partial charge in [-0.3, -0.25) is 4.98 Å². The molecule has 0 spiro atoms. The van der Waals surface area contributed by atoms with Crippen LogP contribution in [0.1, 0.15) is 99.9 Å². The minimum atomic E-state index is -0.334. The minimum Gasteiger partial charge on any atom is -0.503 e. The van der Waals surface area contributed by atoms with Crippen LogP contribution in [0, 0.1) is 64.5 Å². The van der Waals surface area contributed by atoms with Crippen LogP contribution in [0.4, 0.5) is 5.69 Å². The SMILES string of the molecule is Cc1cc(C)c(N2C(c3[c-]c(Oc4[c-]c5c(cc4C)c4cc(C)cc6c4n5-c4ncccc4C6(C)C)cc(-c4ccccn4)c3)=N[C@H](C(C(C)C)C(C)C)C2(C)C)c(C)c1.[Pt+2]. The Kier molecular flexibility index (Phi) is 10.7. The van der Waals surface area contributed by atoms with Crippen molar-refractivity contribution >= 4 is 33.3 Å². The summed E-state index contributed by atoms with van der Waals surface area (Å²) in [6.45, 7) is 29.7. The van der Waals surface area contributed by atoms with E-state index in [2.05, 4.69) is 166 Å². The molecule has 0 bridgehead atoms. The molecule has 0 aliphatic carbocycles. The summed E-state index contributed by atoms with van der Waals surface area (Å²) in [5, 5.41) is 2.35. The third kappa shape index (κ3) is 6.85. The van der Waals surface area contributed by atoms with E-state index in [1.165, 1.54) is 50.0 Å². The minimum absolute atomic E-state index is 0. The first kappa shape index (κ1) is 42.6. The maximum Gasteiger partial charge on any atom is 2.00 e. The molecular formula is C54H57N5OPt. The number of benzene rings is 4. The van der Waals surface area contributed by atoms with E-state index in [9.17, 15) is 0 Å². The van der Waals surface area contributed by atoms with Gasteiger partial charge in [0.05, 0.1) is 23.1 Å². The number of ether oxygens (including phenoxy) is 1. The normalized spacial score (nSPS) is 16.4. The van der Waals surface area contributed by atoms with Crippen molar-refractivity contribution in [2.24, 2.45) is 22.7 Å². The first-order valence-electron chi connectivity index (χ1n) is 21.6. The van der Waals surface area contributed by atoms with Gasteiger partial charge in [0, 0.05) is 46.1 Å². The van der Waals surface area contributed by atoms with E-state index in [-0.39, 0.29) is 38.1 Å². The third-order valence-electron chi connectivity index (χ3n) is 13.3. The summed E-state index contributed by atoms with van der Waals surface area (Å²) in [4.78, 5) is 18.1. The van der Waals surface area contributed by atoms with Crippen LogP contribution in [0.15, 0.2) is 90.2 Å². The molecule has 314 valence electrons. The molecule has 0 N–H and O–H groups in total. The fraction of sp³-hybridized carbons (Fsp3) is 0.352. The van der Waals surface area contributed by atoms with Crippen LogP contribution in [-0.4, -0.2) is 32.0 Å². The molecule has 3 aromatic heterocycles. The van der Waals surface area contributed by atoms with Crippen LogP contribution in [-0.2, 0) is 26.5 Å². The quantitative estimate of drug-likeness (QED) is 0.142. The Bertz CT molecular complexity index is 2850. The molecule has 6 nitrogen and oxygen atoms in total. The van der Waals surface area contributed by atoms with Crippen LogP contribution >= 0.6 is 0 Å². The zero-order valence-electron chi connectivity index (χ0n) is 37.9. The maximum absolute atomic E-state index is 7.04. The summed E-state index contributed by atoms with van der Waals surface area (Å²) < 4.78 is 9.33. The molecule has 0 radical (unpaired) electrons. The van der Waals surface area contributed by atoms with Crippen molar-refractivity contribution in [1.82, 2.24) is 14.5 Å². The van der Waals surface area contributed by atoms with E-state index >= 15 is 0 Å². The van der Waals surface area contributed by atoms with Gasteiger partial charge in [0.15, 0.2) is 0 Å². The second-order valence-corrected chi connectivity index (χ2v) is 19.3. The van der Waals surface area contributed by atoms with Gasteiger partial charge in [-0.15, -0.1) is 28.6 Å². The summed E-state index contributed by atoms with van der Waals surface area (Å²) in [7, 11) is 0. The number of nitrogens with zero attached hydrogens (tertiary/aromatic N) is 5. The Morgan fingerprint density at radius 3 is 2.07 bits per heavy atom. The van der Waals surface area contributed by atoms with E-state index in [4.69, 9.17) is 19.7 Å². The fourth-order valence-corrected chi connectivity index (χ4v) is 10.8. The van der Waals surface area contributed by atoms with Crippen LogP contribution in [0.2, 0.25) is 0 Å². The summed E-state index contributed by atoms with van der Waals surface area (Å²) in [5.74, 6) is 4.33. The molecule has 0 fully saturated rings. The molecule has 7 heteroatoms. The molecule has 61 heavy (non-hydrogen) atoms. The predicted octanol–water partition coefficient (Wildman–Crippen LogP) is 13.2. The van der Waals surface area contributed by atoms with Crippen molar-refractivity contribution < 1.29 is 25.8 Å². The zero-order chi connectivity index (χ0) is 42.6. The van der Waals surface area contributed by atoms with Crippen molar-refractivity contribution in [2.45, 2.75) is 107 Å². The second-order valence-electron chi connectivity index (χ2n) is 19.3. The van der Waals surface area contributed by atoms with Crippen LogP contribution in [0.25, 0.3) is 38.9 Å². The predicted molar refractivity (Wildman–Crippen MR) is 248 cm³/mol. The Labute approximate surface area is 376 Å². The Morgan fingerprint density at radius 1 is 0.705 bits per heavy atom. The molecule has 0 saturated carbocycles. The summed E-state index contributed by atoms with van der Waals surface area (Å²) in [5.41, 5.74) is 13.9. The maximum atomic E-state index is 7.04. The molecule has 0 amide bonds. The van der Waals surface area contributed by atoms with Gasteiger partial charge in [-0.25, -0.2) is 4.98 Å². The molecule has 2 aliphatic rings. The van der Waals surface area contributed by atoms with E-state index < -0.39 is 0 Å². The average Bonchev–Trinajstić information content (AvgIpc) is 3.63. The number of anilines is 1. The molecular weight excluding hydrogens is 930 g/mol. The Balaban J connectivity index is 0.00000514. The zero-order valence-corrected chi connectivity index (χ0v) is 40.1. The molecule has 2 aliphatic heterocycles. The van der Waals surface area contributed by atoms with Crippen molar-refractivity contribution in [1.29, 1.82) is 0 Å². The van der Waals surface area contributed by atoms with Crippen molar-refractivity contribution in [3.05, 3.63) is 142 Å².